The molecular weight excluding hydrogens is 155 g/mol. The number of rotatable bonds is 0. The summed E-state index contributed by atoms with van der Waals surface area (Å²) in [5.74, 6) is 0. The Bertz CT molecular complexity index is 135. The molecule has 1 heterocycles. The van der Waals surface area contributed by atoms with Gasteiger partial charge in [-0.1, -0.05) is 6.42 Å². The van der Waals surface area contributed by atoms with E-state index in [2.05, 4.69) is 5.32 Å². The van der Waals surface area contributed by atoms with Crippen molar-refractivity contribution >= 4 is 0 Å². The van der Waals surface area contributed by atoms with Crippen LogP contribution in [0.3, 0.4) is 0 Å². The third kappa shape index (κ3) is 1.67. The van der Waals surface area contributed by atoms with Crippen LogP contribution in [-0.4, -0.2) is 18.3 Å². The Hall–Kier alpha value is -0.250. The molecule has 0 aromatic heterocycles. The van der Waals surface area contributed by atoms with E-state index in [9.17, 15) is 13.2 Å². The largest absolute Gasteiger partial charge is 0.406 e. The molecule has 0 unspecified atom stereocenters. The Kier molecular flexibility index (Phi) is 2.14. The molecule has 0 saturated carbocycles. The van der Waals surface area contributed by atoms with Crippen LogP contribution in [-0.2, 0) is 0 Å². The second kappa shape index (κ2) is 2.66. The van der Waals surface area contributed by atoms with Crippen molar-refractivity contribution in [3.63, 3.8) is 0 Å². The van der Waals surface area contributed by atoms with Crippen molar-refractivity contribution in [1.29, 1.82) is 0 Å². The highest BCUT2D eigenvalue weighted by Crippen LogP contribution is 2.35. The van der Waals surface area contributed by atoms with E-state index in [0.717, 1.165) is 6.42 Å². The van der Waals surface area contributed by atoms with Crippen LogP contribution >= 0.6 is 0 Å². The zero-order chi connectivity index (χ0) is 8.54. The lowest BCUT2D eigenvalue weighted by molar-refractivity contribution is -0.197. The van der Waals surface area contributed by atoms with Crippen molar-refractivity contribution in [3.05, 3.63) is 0 Å². The zero-order valence-corrected chi connectivity index (χ0v) is 6.46. The van der Waals surface area contributed by atoms with Crippen LogP contribution < -0.4 is 5.32 Å². The molecule has 1 saturated heterocycles. The van der Waals surface area contributed by atoms with E-state index >= 15 is 0 Å². The molecular formula is C7H12F3N. The fourth-order valence-corrected chi connectivity index (χ4v) is 1.30. The van der Waals surface area contributed by atoms with Crippen LogP contribution in [0, 0.1) is 0 Å². The first-order chi connectivity index (χ1) is 4.96. The quantitative estimate of drug-likeness (QED) is 0.582. The second-order valence-electron chi connectivity index (χ2n) is 3.21. The van der Waals surface area contributed by atoms with Crippen molar-refractivity contribution in [1.82, 2.24) is 5.32 Å². The first-order valence-corrected chi connectivity index (χ1v) is 3.77. The van der Waals surface area contributed by atoms with Crippen LogP contribution in [0.4, 0.5) is 13.2 Å². The maximum absolute atomic E-state index is 12.3. The lowest BCUT2D eigenvalue weighted by Gasteiger charge is -2.36. The molecule has 0 bridgehead atoms. The van der Waals surface area contributed by atoms with E-state index in [1.54, 1.807) is 0 Å². The van der Waals surface area contributed by atoms with Gasteiger partial charge in [-0.05, 0) is 26.3 Å². The molecule has 1 rings (SSSR count). The zero-order valence-electron chi connectivity index (χ0n) is 6.46. The minimum atomic E-state index is -4.10. The van der Waals surface area contributed by atoms with E-state index in [1.165, 1.54) is 6.92 Å². The summed E-state index contributed by atoms with van der Waals surface area (Å²) >= 11 is 0. The summed E-state index contributed by atoms with van der Waals surface area (Å²) in [6, 6.07) is 0. The summed E-state index contributed by atoms with van der Waals surface area (Å²) < 4.78 is 36.8. The Labute approximate surface area is 64.0 Å². The van der Waals surface area contributed by atoms with Crippen LogP contribution in [0.25, 0.3) is 0 Å². The van der Waals surface area contributed by atoms with Gasteiger partial charge in [-0.25, -0.2) is 0 Å². The normalized spacial score (nSPS) is 33.8. The minimum Gasteiger partial charge on any atom is -0.304 e. The average Bonchev–Trinajstić information content (AvgIpc) is 1.87. The molecule has 1 nitrogen and oxygen atoms in total. The molecule has 1 fully saturated rings. The van der Waals surface area contributed by atoms with Crippen LogP contribution in [0.5, 0.6) is 0 Å². The molecule has 1 atom stereocenters. The summed E-state index contributed by atoms with van der Waals surface area (Å²) in [5.41, 5.74) is -1.63. The Morgan fingerprint density at radius 1 is 1.27 bits per heavy atom. The van der Waals surface area contributed by atoms with Crippen molar-refractivity contribution in [2.45, 2.75) is 37.9 Å². The van der Waals surface area contributed by atoms with E-state index in [-0.39, 0.29) is 6.42 Å². The van der Waals surface area contributed by atoms with Crippen LogP contribution in [0.15, 0.2) is 0 Å². The monoisotopic (exact) mass is 167 g/mol. The standard InChI is InChI=1S/C7H12F3N/c1-6(7(8,9)10)4-2-3-5-11-6/h11H,2-5H2,1H3/t6-/m0/s1. The summed E-state index contributed by atoms with van der Waals surface area (Å²) in [6.45, 7) is 1.71. The average molecular weight is 167 g/mol. The molecule has 0 aromatic rings. The fourth-order valence-electron chi connectivity index (χ4n) is 1.30. The maximum atomic E-state index is 12.3. The van der Waals surface area contributed by atoms with Gasteiger partial charge in [0.25, 0.3) is 0 Å². The first-order valence-electron chi connectivity index (χ1n) is 3.77. The Morgan fingerprint density at radius 2 is 1.91 bits per heavy atom. The molecule has 11 heavy (non-hydrogen) atoms. The molecule has 1 N–H and O–H groups in total. The summed E-state index contributed by atoms with van der Waals surface area (Å²) in [5, 5.41) is 2.51. The van der Waals surface area contributed by atoms with Gasteiger partial charge in [0, 0.05) is 0 Å². The van der Waals surface area contributed by atoms with E-state index in [0.29, 0.717) is 13.0 Å². The van der Waals surface area contributed by atoms with Gasteiger partial charge < -0.3 is 5.32 Å². The van der Waals surface area contributed by atoms with E-state index < -0.39 is 11.7 Å². The highest BCUT2D eigenvalue weighted by atomic mass is 19.4. The van der Waals surface area contributed by atoms with Gasteiger partial charge in [0.1, 0.15) is 5.54 Å². The Balaban J connectivity index is 2.64. The van der Waals surface area contributed by atoms with Gasteiger partial charge >= 0.3 is 6.18 Å². The van der Waals surface area contributed by atoms with Crippen LogP contribution in [0.2, 0.25) is 0 Å². The van der Waals surface area contributed by atoms with Gasteiger partial charge in [0.15, 0.2) is 0 Å². The number of nitrogens with one attached hydrogen (secondary N) is 1. The SMILES string of the molecule is C[C@@]1(C(F)(F)F)CCCCN1. The lowest BCUT2D eigenvalue weighted by Crippen LogP contribution is -2.56. The van der Waals surface area contributed by atoms with Crippen molar-refractivity contribution < 1.29 is 13.2 Å². The maximum Gasteiger partial charge on any atom is 0.406 e. The van der Waals surface area contributed by atoms with Crippen molar-refractivity contribution in [3.8, 4) is 0 Å². The van der Waals surface area contributed by atoms with E-state index in [1.807, 2.05) is 0 Å². The topological polar surface area (TPSA) is 12.0 Å². The minimum absolute atomic E-state index is 0.205. The number of alkyl halides is 3. The number of piperidine rings is 1. The predicted octanol–water partition coefficient (Wildman–Crippen LogP) is 2.08. The summed E-state index contributed by atoms with van der Waals surface area (Å²) in [4.78, 5) is 0. The molecule has 4 heteroatoms. The number of hydrogen-bond donors (Lipinski definition) is 1. The highest BCUT2D eigenvalue weighted by molar-refractivity contribution is 4.92. The van der Waals surface area contributed by atoms with Crippen molar-refractivity contribution in [2.75, 3.05) is 6.54 Å². The molecule has 0 aliphatic carbocycles. The summed E-state index contributed by atoms with van der Waals surface area (Å²) in [7, 11) is 0. The van der Waals surface area contributed by atoms with Gasteiger partial charge in [0.05, 0.1) is 0 Å². The van der Waals surface area contributed by atoms with E-state index in [4.69, 9.17) is 0 Å². The molecule has 0 aromatic carbocycles. The third-order valence-electron chi connectivity index (χ3n) is 2.24. The predicted molar refractivity (Wildman–Crippen MR) is 36.3 cm³/mol. The van der Waals surface area contributed by atoms with Gasteiger partial charge in [0.2, 0.25) is 0 Å². The molecule has 1 aliphatic heterocycles. The highest BCUT2D eigenvalue weighted by Gasteiger charge is 2.50. The summed E-state index contributed by atoms with van der Waals surface area (Å²) in [6.07, 6.45) is -2.38. The Morgan fingerprint density at radius 3 is 2.18 bits per heavy atom. The lowest BCUT2D eigenvalue weighted by atomic mass is 9.90. The fraction of sp³-hybridized carbons (Fsp3) is 1.00. The van der Waals surface area contributed by atoms with Gasteiger partial charge in [-0.2, -0.15) is 13.2 Å². The van der Waals surface area contributed by atoms with Crippen LogP contribution in [0.1, 0.15) is 26.2 Å². The van der Waals surface area contributed by atoms with Gasteiger partial charge in [-0.15, -0.1) is 0 Å². The molecule has 0 amide bonds. The van der Waals surface area contributed by atoms with Crippen molar-refractivity contribution in [2.24, 2.45) is 0 Å². The first kappa shape index (κ1) is 8.84. The number of halogens is 3. The molecule has 0 spiro atoms. The number of hydrogen-bond acceptors (Lipinski definition) is 1. The smallest absolute Gasteiger partial charge is 0.304 e. The third-order valence-corrected chi connectivity index (χ3v) is 2.24. The molecule has 66 valence electrons. The molecule has 0 radical (unpaired) electrons. The second-order valence-corrected chi connectivity index (χ2v) is 3.21. The molecule has 1 aliphatic rings. The van der Waals surface area contributed by atoms with Gasteiger partial charge in [-0.3, -0.25) is 0 Å².